The normalized spacial score (nSPS) is 14.5. The Morgan fingerprint density at radius 1 is 1.14 bits per heavy atom. The number of piperidine rings is 1. The molecule has 1 aromatic heterocycles. The molecule has 0 bridgehead atoms. The topological polar surface area (TPSA) is 54.5 Å². The maximum absolute atomic E-state index is 11.9. The Labute approximate surface area is 178 Å². The minimum Gasteiger partial charge on any atom is -0.494 e. The number of nitrogens with one attached hydrogen (secondary N) is 1. The first-order valence-corrected chi connectivity index (χ1v) is 11.6. The zero-order chi connectivity index (χ0) is 20.2. The number of carbonyl (C=O) groups excluding carboxylic acids is 1. The van der Waals surface area contributed by atoms with Crippen molar-refractivity contribution in [2.45, 2.75) is 38.0 Å². The number of hydrogen-bond donors (Lipinski definition) is 1. The lowest BCUT2D eigenvalue weighted by molar-refractivity contribution is -0.118. The van der Waals surface area contributed by atoms with Crippen LogP contribution in [-0.4, -0.2) is 47.8 Å². The van der Waals surface area contributed by atoms with E-state index < -0.39 is 0 Å². The number of benzene rings is 1. The van der Waals surface area contributed by atoms with Gasteiger partial charge in [0.15, 0.2) is 0 Å². The molecule has 6 heteroatoms. The van der Waals surface area contributed by atoms with Gasteiger partial charge in [0.1, 0.15) is 5.75 Å². The molecule has 0 atom stereocenters. The van der Waals surface area contributed by atoms with Crippen LogP contribution < -0.4 is 10.1 Å². The minimum absolute atomic E-state index is 0.0717. The number of carbonyl (C=O) groups is 1. The molecule has 1 aromatic carbocycles. The second-order valence-corrected chi connectivity index (χ2v) is 8.38. The molecule has 1 amide bonds. The van der Waals surface area contributed by atoms with Crippen LogP contribution in [0.25, 0.3) is 0 Å². The molecule has 0 unspecified atom stereocenters. The number of likely N-dealkylation sites (tertiary alicyclic amines) is 1. The van der Waals surface area contributed by atoms with Crippen LogP contribution in [0.15, 0.2) is 48.8 Å². The molecule has 1 aliphatic heterocycles. The van der Waals surface area contributed by atoms with Crippen molar-refractivity contribution >= 4 is 17.7 Å². The van der Waals surface area contributed by atoms with Crippen LogP contribution in [-0.2, 0) is 17.1 Å². The number of aromatic nitrogens is 1. The number of amides is 1. The molecular formula is C23H31N3O2S. The van der Waals surface area contributed by atoms with Crippen LogP contribution >= 0.6 is 11.8 Å². The predicted octanol–water partition coefficient (Wildman–Crippen LogP) is 3.89. The summed E-state index contributed by atoms with van der Waals surface area (Å²) in [5, 5.41) is 2.96. The van der Waals surface area contributed by atoms with Crippen LogP contribution in [0.3, 0.4) is 0 Å². The average molecular weight is 414 g/mol. The third kappa shape index (κ3) is 8.46. The first-order chi connectivity index (χ1) is 14.3. The molecule has 0 aliphatic carbocycles. The summed E-state index contributed by atoms with van der Waals surface area (Å²) in [6.45, 7) is 4.65. The van der Waals surface area contributed by atoms with E-state index in [1.54, 1.807) is 18.0 Å². The molecule has 156 valence electrons. The van der Waals surface area contributed by atoms with Gasteiger partial charge in [-0.05, 0) is 61.7 Å². The van der Waals surface area contributed by atoms with Gasteiger partial charge >= 0.3 is 0 Å². The number of nitrogens with zero attached hydrogens (tertiary/aromatic N) is 2. The van der Waals surface area contributed by atoms with E-state index in [1.165, 1.54) is 37.9 Å². The van der Waals surface area contributed by atoms with Gasteiger partial charge in [-0.3, -0.25) is 14.7 Å². The molecule has 29 heavy (non-hydrogen) atoms. The van der Waals surface area contributed by atoms with Crippen molar-refractivity contribution in [1.29, 1.82) is 0 Å². The monoisotopic (exact) mass is 413 g/mol. The van der Waals surface area contributed by atoms with E-state index in [1.807, 2.05) is 24.4 Å². The van der Waals surface area contributed by atoms with Crippen molar-refractivity contribution < 1.29 is 9.53 Å². The van der Waals surface area contributed by atoms with Gasteiger partial charge in [0.25, 0.3) is 0 Å². The van der Waals surface area contributed by atoms with Crippen molar-refractivity contribution in [2.24, 2.45) is 0 Å². The summed E-state index contributed by atoms with van der Waals surface area (Å²) in [6, 6.07) is 12.3. The maximum atomic E-state index is 11.9. The van der Waals surface area contributed by atoms with Gasteiger partial charge in [0, 0.05) is 31.2 Å². The number of hydrogen-bond acceptors (Lipinski definition) is 5. The van der Waals surface area contributed by atoms with E-state index in [-0.39, 0.29) is 5.91 Å². The van der Waals surface area contributed by atoms with E-state index in [9.17, 15) is 4.79 Å². The van der Waals surface area contributed by atoms with Crippen LogP contribution in [0.4, 0.5) is 0 Å². The second kappa shape index (κ2) is 12.5. The van der Waals surface area contributed by atoms with Crippen molar-refractivity contribution in [3.63, 3.8) is 0 Å². The standard InChI is InChI=1S/C23H31N3O2S/c27-23(19-29-18-21-8-5-10-24-16-21)25-11-6-14-28-22-9-4-7-20(15-22)17-26-12-2-1-3-13-26/h4-5,7-10,15-16H,1-3,6,11-14,17-19H2,(H,25,27). The quantitative estimate of drug-likeness (QED) is 0.567. The smallest absolute Gasteiger partial charge is 0.230 e. The molecule has 3 rings (SSSR count). The Morgan fingerprint density at radius 3 is 2.83 bits per heavy atom. The third-order valence-corrected chi connectivity index (χ3v) is 5.89. The van der Waals surface area contributed by atoms with Gasteiger partial charge in [-0.25, -0.2) is 0 Å². The zero-order valence-electron chi connectivity index (χ0n) is 17.0. The molecule has 1 fully saturated rings. The molecule has 1 N–H and O–H groups in total. The largest absolute Gasteiger partial charge is 0.494 e. The highest BCUT2D eigenvalue weighted by molar-refractivity contribution is 7.99. The van der Waals surface area contributed by atoms with Crippen LogP contribution in [0.2, 0.25) is 0 Å². The van der Waals surface area contributed by atoms with Crippen molar-refractivity contribution in [1.82, 2.24) is 15.2 Å². The Balaban J connectivity index is 1.26. The fourth-order valence-electron chi connectivity index (χ4n) is 3.40. The fraction of sp³-hybridized carbons (Fsp3) is 0.478. The highest BCUT2D eigenvalue weighted by Crippen LogP contribution is 2.17. The Bertz CT molecular complexity index is 736. The van der Waals surface area contributed by atoms with Crippen molar-refractivity contribution in [2.75, 3.05) is 32.0 Å². The lowest BCUT2D eigenvalue weighted by Crippen LogP contribution is -2.29. The molecular weight excluding hydrogens is 382 g/mol. The van der Waals surface area contributed by atoms with E-state index in [4.69, 9.17) is 4.74 Å². The van der Waals surface area contributed by atoms with Gasteiger partial charge in [0.05, 0.1) is 12.4 Å². The van der Waals surface area contributed by atoms with Gasteiger partial charge in [-0.1, -0.05) is 24.6 Å². The van der Waals surface area contributed by atoms with E-state index in [2.05, 4.69) is 33.4 Å². The second-order valence-electron chi connectivity index (χ2n) is 7.39. The third-order valence-electron chi connectivity index (χ3n) is 4.89. The first kappa shape index (κ1) is 21.7. The van der Waals surface area contributed by atoms with Gasteiger partial charge < -0.3 is 10.1 Å². The lowest BCUT2D eigenvalue weighted by atomic mass is 10.1. The van der Waals surface area contributed by atoms with E-state index >= 15 is 0 Å². The summed E-state index contributed by atoms with van der Waals surface area (Å²) in [6.07, 6.45) is 8.38. The number of thioether (sulfide) groups is 1. The average Bonchev–Trinajstić information content (AvgIpc) is 2.75. The highest BCUT2D eigenvalue weighted by atomic mass is 32.2. The highest BCUT2D eigenvalue weighted by Gasteiger charge is 2.10. The summed E-state index contributed by atoms with van der Waals surface area (Å²) in [5.41, 5.74) is 2.45. The molecule has 0 saturated carbocycles. The van der Waals surface area contributed by atoms with Crippen LogP contribution in [0.1, 0.15) is 36.8 Å². The van der Waals surface area contributed by atoms with Gasteiger partial charge in [-0.15, -0.1) is 11.8 Å². The predicted molar refractivity (Wildman–Crippen MR) is 119 cm³/mol. The summed E-state index contributed by atoms with van der Waals surface area (Å²) < 4.78 is 5.87. The molecule has 2 aromatic rings. The maximum Gasteiger partial charge on any atom is 0.230 e. The van der Waals surface area contributed by atoms with Crippen molar-refractivity contribution in [3.8, 4) is 5.75 Å². The summed E-state index contributed by atoms with van der Waals surface area (Å²) in [4.78, 5) is 18.5. The molecule has 0 spiro atoms. The molecule has 2 heterocycles. The molecule has 5 nitrogen and oxygen atoms in total. The van der Waals surface area contributed by atoms with Crippen LogP contribution in [0.5, 0.6) is 5.75 Å². The molecule has 0 radical (unpaired) electrons. The molecule has 1 saturated heterocycles. The Hall–Kier alpha value is -2.05. The fourth-order valence-corrected chi connectivity index (χ4v) is 4.19. The number of rotatable bonds is 11. The first-order valence-electron chi connectivity index (χ1n) is 10.5. The van der Waals surface area contributed by atoms with Crippen molar-refractivity contribution in [3.05, 3.63) is 59.9 Å². The van der Waals surface area contributed by atoms with E-state index in [0.717, 1.165) is 30.0 Å². The number of pyridine rings is 1. The van der Waals surface area contributed by atoms with Crippen LogP contribution in [0, 0.1) is 0 Å². The minimum atomic E-state index is 0.0717. The summed E-state index contributed by atoms with van der Waals surface area (Å²) in [5.74, 6) is 2.26. The Morgan fingerprint density at radius 2 is 2.00 bits per heavy atom. The zero-order valence-corrected chi connectivity index (χ0v) is 17.8. The SMILES string of the molecule is O=C(CSCc1cccnc1)NCCCOc1cccc(CN2CCCCC2)c1. The Kier molecular flexibility index (Phi) is 9.33. The molecule has 1 aliphatic rings. The summed E-state index contributed by atoms with van der Waals surface area (Å²) >= 11 is 1.60. The van der Waals surface area contributed by atoms with E-state index in [0.29, 0.717) is 18.9 Å². The number of ether oxygens (including phenoxy) is 1. The summed E-state index contributed by atoms with van der Waals surface area (Å²) in [7, 11) is 0. The lowest BCUT2D eigenvalue weighted by Gasteiger charge is -2.26. The van der Waals surface area contributed by atoms with Gasteiger partial charge in [-0.2, -0.15) is 0 Å². The van der Waals surface area contributed by atoms with Gasteiger partial charge in [0.2, 0.25) is 5.91 Å².